The lowest BCUT2D eigenvalue weighted by Gasteiger charge is -2.50. The molecule has 0 aromatic carbocycles. The lowest BCUT2D eigenvalue weighted by molar-refractivity contribution is -0.609. The van der Waals surface area contributed by atoms with Gasteiger partial charge >= 0.3 is 17.9 Å². The molecule has 0 radical (unpaired) electrons. The van der Waals surface area contributed by atoms with E-state index < -0.39 is 17.4 Å². The number of hydrogen-bond donors (Lipinski definition) is 3. The minimum Gasteiger partial charge on any atom is -1.00 e. The molecule has 0 aliphatic carbocycles. The highest BCUT2D eigenvalue weighted by Crippen LogP contribution is 2.45. The van der Waals surface area contributed by atoms with Crippen LogP contribution in [0.3, 0.4) is 0 Å². The number of carboxylic acid groups (broad SMARTS) is 1. The normalized spacial score (nSPS) is 31.4. The van der Waals surface area contributed by atoms with E-state index in [1.807, 2.05) is 0 Å². The van der Waals surface area contributed by atoms with Crippen molar-refractivity contribution in [2.45, 2.75) is 210 Å². The topological polar surface area (TPSA) is 109 Å². The molecule has 5 rings (SSSR count). The number of nitrogens with one attached hydrogen (secondary N) is 2. The third-order valence-electron chi connectivity index (χ3n) is 11.9. The van der Waals surface area contributed by atoms with Gasteiger partial charge < -0.3 is 31.7 Å². The lowest BCUT2D eigenvalue weighted by Crippen LogP contribution is -3.00. The summed E-state index contributed by atoms with van der Waals surface area (Å²) < 4.78 is 22.1. The van der Waals surface area contributed by atoms with Crippen molar-refractivity contribution < 1.29 is 45.9 Å². The quantitative estimate of drug-likeness (QED) is 0.0691. The summed E-state index contributed by atoms with van der Waals surface area (Å²) in [4.78, 5) is 24.6. The first-order valence-corrected chi connectivity index (χ1v) is 20.5. The molecule has 2 spiro atoms. The Balaban J connectivity index is 0.00000562. The summed E-state index contributed by atoms with van der Waals surface area (Å²) >= 11 is 0. The van der Waals surface area contributed by atoms with Crippen LogP contribution in [0.5, 0.6) is 0 Å². The Labute approximate surface area is 308 Å². The Morgan fingerprint density at radius 2 is 1.52 bits per heavy atom. The third kappa shape index (κ3) is 11.1. The molecule has 2 fully saturated rings. The maximum absolute atomic E-state index is 14.0. The van der Waals surface area contributed by atoms with E-state index in [0.717, 1.165) is 89.4 Å². The molecule has 0 aromatic heterocycles. The van der Waals surface area contributed by atoms with Gasteiger partial charge in [0.2, 0.25) is 5.72 Å². The smallest absolute Gasteiger partial charge is 0.350 e. The monoisotopic (exact) mass is 721 g/mol. The number of unbranched alkanes of at least 4 members (excludes halogenated alkanes) is 14. The van der Waals surface area contributed by atoms with Gasteiger partial charge in [0.15, 0.2) is 11.6 Å². The van der Waals surface area contributed by atoms with Crippen LogP contribution in [0.25, 0.3) is 0 Å². The molecule has 286 valence electrons. The van der Waals surface area contributed by atoms with Gasteiger partial charge in [0.1, 0.15) is 0 Å². The van der Waals surface area contributed by atoms with Crippen LogP contribution >= 0.6 is 0 Å². The lowest BCUT2D eigenvalue weighted by atomic mass is 9.80. The molecule has 5 aliphatic heterocycles. The van der Waals surface area contributed by atoms with E-state index in [0.29, 0.717) is 19.1 Å². The fourth-order valence-electron chi connectivity index (χ4n) is 9.34. The van der Waals surface area contributed by atoms with Gasteiger partial charge in [-0.05, 0) is 58.3 Å². The summed E-state index contributed by atoms with van der Waals surface area (Å²) in [7, 11) is 0. The van der Waals surface area contributed by atoms with Crippen LogP contribution in [0.15, 0.2) is 12.2 Å². The number of nitrogens with zero attached hydrogens (tertiary/aromatic N) is 1. The second-order valence-corrected chi connectivity index (χ2v) is 15.8. The highest BCUT2D eigenvalue weighted by molar-refractivity contribution is 5.82. The molecule has 5 heterocycles. The average molecular weight is 722 g/mol. The third-order valence-corrected chi connectivity index (χ3v) is 11.9. The number of halogens is 1. The summed E-state index contributed by atoms with van der Waals surface area (Å²) in [6, 6.07) is 0.413. The Hall–Kier alpha value is -1.84. The zero-order valence-corrected chi connectivity index (χ0v) is 32.0. The van der Waals surface area contributed by atoms with Crippen LogP contribution in [0.1, 0.15) is 174 Å². The number of rotatable bonds is 20. The number of guanidine groups is 1. The predicted molar refractivity (Wildman–Crippen MR) is 192 cm³/mol. The van der Waals surface area contributed by atoms with Crippen LogP contribution in [-0.2, 0) is 23.8 Å². The van der Waals surface area contributed by atoms with Crippen LogP contribution < -0.4 is 23.0 Å². The van der Waals surface area contributed by atoms with E-state index in [1.54, 1.807) is 0 Å². The Morgan fingerprint density at radius 3 is 2.14 bits per heavy atom. The number of esters is 1. The number of aliphatic carboxylic acids is 1. The highest BCUT2D eigenvalue weighted by atomic mass is 35.5. The van der Waals surface area contributed by atoms with Gasteiger partial charge in [-0.15, -0.1) is 0 Å². The first-order valence-electron chi connectivity index (χ1n) is 20.5. The molecule has 7 atom stereocenters. The van der Waals surface area contributed by atoms with Crippen molar-refractivity contribution in [3.63, 3.8) is 0 Å². The van der Waals surface area contributed by atoms with Crippen molar-refractivity contribution in [2.75, 3.05) is 6.61 Å². The van der Waals surface area contributed by atoms with Crippen molar-refractivity contribution >= 4 is 17.9 Å². The molecule has 0 amide bonds. The zero-order valence-electron chi connectivity index (χ0n) is 31.2. The van der Waals surface area contributed by atoms with Gasteiger partial charge in [-0.25, -0.2) is 10.6 Å². The summed E-state index contributed by atoms with van der Waals surface area (Å²) in [5, 5.41) is 16.4. The minimum absolute atomic E-state index is 0. The van der Waals surface area contributed by atoms with E-state index >= 15 is 0 Å². The number of carboxylic acids is 1. The van der Waals surface area contributed by atoms with Crippen molar-refractivity contribution in [3.8, 4) is 0 Å². The standard InChI is InChI=1S/C40H67N3O6.ClH/c1-3-33-23-18-19-27-39(49-33)30-32-25-26-34-36(40(28-21-22-31(2)48-40)42-38(41-39)43(32)34)37(46)47-29-20-16-14-12-10-8-6-4-5-7-9-11-13-15-17-24-35(44)45;/h18,23,31-34,36H,3-17,19-22,24-30H2,1-2H3,(H2,41,42,44,45);1H/t31-,32+,33+,34-,36-,39+,40-;/m1./s1. The molecule has 5 aliphatic rings. The molecule has 50 heavy (non-hydrogen) atoms. The number of hydrogen-bond acceptors (Lipinski definition) is 7. The van der Waals surface area contributed by atoms with Crippen LogP contribution in [0, 0.1) is 5.92 Å². The highest BCUT2D eigenvalue weighted by Gasteiger charge is 2.64. The maximum Gasteiger partial charge on any atom is 0.350 e. The summed E-state index contributed by atoms with van der Waals surface area (Å²) in [6.07, 6.45) is 31.7. The molecule has 9 nitrogen and oxygen atoms in total. The van der Waals surface area contributed by atoms with Crippen LogP contribution in [0.4, 0.5) is 0 Å². The molecule has 3 N–H and O–H groups in total. The van der Waals surface area contributed by atoms with Gasteiger partial charge in [0.25, 0.3) is 0 Å². The van der Waals surface area contributed by atoms with Crippen molar-refractivity contribution in [2.24, 2.45) is 5.92 Å². The van der Waals surface area contributed by atoms with E-state index in [-0.39, 0.29) is 42.5 Å². The predicted octanol–water partition coefficient (Wildman–Crippen LogP) is 5.10. The second-order valence-electron chi connectivity index (χ2n) is 15.8. The zero-order chi connectivity index (χ0) is 34.5. The summed E-state index contributed by atoms with van der Waals surface area (Å²) in [6.45, 7) is 4.82. The second kappa shape index (κ2) is 20.4. The van der Waals surface area contributed by atoms with Gasteiger partial charge in [0, 0.05) is 25.7 Å². The molecule has 10 heteroatoms. The van der Waals surface area contributed by atoms with E-state index in [1.165, 1.54) is 70.6 Å². The largest absolute Gasteiger partial charge is 1.00 e. The fraction of sp³-hybridized carbons (Fsp3) is 0.875. The Kier molecular flexibility index (Phi) is 16.7. The molecule has 0 bridgehead atoms. The van der Waals surface area contributed by atoms with Gasteiger partial charge in [0.05, 0.1) is 30.9 Å². The number of ether oxygens (including phenoxy) is 3. The molecule has 0 aromatic rings. The first kappa shape index (κ1) is 40.9. The van der Waals surface area contributed by atoms with E-state index in [9.17, 15) is 9.59 Å². The van der Waals surface area contributed by atoms with E-state index in [2.05, 4.69) is 41.2 Å². The summed E-state index contributed by atoms with van der Waals surface area (Å²) in [5.74, 6) is -0.113. The maximum atomic E-state index is 14.0. The van der Waals surface area contributed by atoms with E-state index in [4.69, 9.17) is 19.3 Å². The SMILES string of the molecule is CC[C@H]1C=CCC[C@@]2(C[C@@H]3CC[C@@H]4[C@H](C(=O)OCCCCCCCCCCCCCCCCCC(=O)O)[C@]5(CCC[C@@H](C)O5)NC(=[N+]34)N2)O1.[Cl-]. The number of carbonyl (C=O) groups is 2. The fourth-order valence-corrected chi connectivity index (χ4v) is 9.34. The number of carbonyl (C=O) groups excluding carboxylic acids is 1. The van der Waals surface area contributed by atoms with Crippen LogP contribution in [-0.4, -0.2) is 69.9 Å². The summed E-state index contributed by atoms with van der Waals surface area (Å²) in [5.41, 5.74) is -1.15. The minimum atomic E-state index is -0.748. The number of allylic oxidation sites excluding steroid dienone is 1. The van der Waals surface area contributed by atoms with Crippen molar-refractivity contribution in [1.29, 1.82) is 0 Å². The van der Waals surface area contributed by atoms with Crippen molar-refractivity contribution in [3.05, 3.63) is 12.2 Å². The first-order chi connectivity index (χ1) is 23.8. The average Bonchev–Trinajstić information content (AvgIpc) is 3.37. The molecular formula is C40H68ClN3O6. The van der Waals surface area contributed by atoms with Gasteiger partial charge in [-0.1, -0.05) is 103 Å². The van der Waals surface area contributed by atoms with Gasteiger partial charge in [-0.2, -0.15) is 0 Å². The Bertz CT molecular complexity index is 1130. The molecule has 0 saturated carbocycles. The van der Waals surface area contributed by atoms with Crippen molar-refractivity contribution in [1.82, 2.24) is 10.6 Å². The Morgan fingerprint density at radius 1 is 0.880 bits per heavy atom. The molecule has 0 unspecified atom stereocenters. The molecular weight excluding hydrogens is 654 g/mol. The van der Waals surface area contributed by atoms with Crippen LogP contribution in [0.2, 0.25) is 0 Å². The molecule has 2 saturated heterocycles. The van der Waals surface area contributed by atoms with Gasteiger partial charge in [-0.3, -0.25) is 14.2 Å².